The Morgan fingerprint density at radius 3 is 2.63 bits per heavy atom. The van der Waals surface area contributed by atoms with E-state index in [-0.39, 0.29) is 0 Å². The van der Waals surface area contributed by atoms with E-state index in [0.717, 1.165) is 43.3 Å². The molecule has 0 atom stereocenters. The monoisotopic (exact) mass is 452 g/mol. The van der Waals surface area contributed by atoms with Crippen LogP contribution in [-0.2, 0) is 6.61 Å². The van der Waals surface area contributed by atoms with Gasteiger partial charge in [-0.2, -0.15) is 0 Å². The molecule has 0 radical (unpaired) electrons. The molecule has 5 nitrogen and oxygen atoms in total. The van der Waals surface area contributed by atoms with Crippen LogP contribution in [0.25, 0.3) is 20.4 Å². The van der Waals surface area contributed by atoms with Crippen LogP contribution in [0.4, 0.5) is 11.5 Å². The SMILES string of the molecule is Clc1ccc(COc2ccc(Nc3ncnc4c3sc3ncccc34)cc2)cc1Cl. The molecule has 5 rings (SSSR count). The van der Waals surface area contributed by atoms with Gasteiger partial charge in [0, 0.05) is 17.3 Å². The second kappa shape index (κ2) is 8.07. The van der Waals surface area contributed by atoms with Crippen LogP contribution in [0.2, 0.25) is 10.0 Å². The number of nitrogens with zero attached hydrogens (tertiary/aromatic N) is 3. The molecular formula is C22H14Cl2N4OS. The molecule has 3 aromatic heterocycles. The predicted octanol–water partition coefficient (Wildman–Crippen LogP) is 6.87. The number of rotatable bonds is 5. The Bertz CT molecular complexity index is 1350. The van der Waals surface area contributed by atoms with E-state index < -0.39 is 0 Å². The average Bonchev–Trinajstić information content (AvgIpc) is 3.15. The maximum Gasteiger partial charge on any atom is 0.151 e. The van der Waals surface area contributed by atoms with Crippen LogP contribution in [0.5, 0.6) is 5.75 Å². The summed E-state index contributed by atoms with van der Waals surface area (Å²) in [4.78, 5) is 14.2. The fraction of sp³-hybridized carbons (Fsp3) is 0.0455. The lowest BCUT2D eigenvalue weighted by atomic mass is 10.2. The largest absolute Gasteiger partial charge is 0.489 e. The number of pyridine rings is 1. The zero-order valence-corrected chi connectivity index (χ0v) is 17.8. The van der Waals surface area contributed by atoms with E-state index in [1.807, 2.05) is 42.5 Å². The zero-order valence-electron chi connectivity index (χ0n) is 15.5. The number of aromatic nitrogens is 3. The topological polar surface area (TPSA) is 59.9 Å². The molecule has 0 saturated carbocycles. The van der Waals surface area contributed by atoms with E-state index in [4.69, 9.17) is 27.9 Å². The molecule has 2 aromatic carbocycles. The predicted molar refractivity (Wildman–Crippen MR) is 123 cm³/mol. The van der Waals surface area contributed by atoms with Crippen molar-refractivity contribution in [3.05, 3.63) is 82.7 Å². The van der Waals surface area contributed by atoms with Gasteiger partial charge in [-0.3, -0.25) is 0 Å². The standard InChI is InChI=1S/C22H14Cl2N4OS/c23-17-8-3-13(10-18(17)24)11-29-15-6-4-14(5-7-15)28-21-20-19(26-12-27-21)16-2-1-9-25-22(16)30-20/h1-10,12H,11H2,(H,26,27,28). The highest BCUT2D eigenvalue weighted by Crippen LogP contribution is 2.35. The second-order valence-corrected chi connectivity index (χ2v) is 8.36. The first-order valence-electron chi connectivity index (χ1n) is 9.09. The lowest BCUT2D eigenvalue weighted by Gasteiger charge is -2.09. The van der Waals surface area contributed by atoms with Gasteiger partial charge in [0.25, 0.3) is 0 Å². The van der Waals surface area contributed by atoms with Crippen molar-refractivity contribution in [2.24, 2.45) is 0 Å². The van der Waals surface area contributed by atoms with Gasteiger partial charge in [0.2, 0.25) is 0 Å². The molecule has 5 aromatic rings. The first-order chi connectivity index (χ1) is 14.7. The maximum atomic E-state index is 6.05. The minimum absolute atomic E-state index is 0.408. The molecule has 0 amide bonds. The van der Waals surface area contributed by atoms with Crippen LogP contribution >= 0.6 is 34.5 Å². The van der Waals surface area contributed by atoms with Crippen molar-refractivity contribution in [3.8, 4) is 5.75 Å². The van der Waals surface area contributed by atoms with E-state index >= 15 is 0 Å². The Morgan fingerprint density at radius 1 is 0.933 bits per heavy atom. The molecule has 0 unspecified atom stereocenters. The van der Waals surface area contributed by atoms with Gasteiger partial charge in [0.05, 0.1) is 20.3 Å². The molecule has 0 aliphatic rings. The smallest absolute Gasteiger partial charge is 0.151 e. The number of hydrogen-bond acceptors (Lipinski definition) is 6. The quantitative estimate of drug-likeness (QED) is 0.315. The number of thiophene rings is 1. The first-order valence-corrected chi connectivity index (χ1v) is 10.7. The van der Waals surface area contributed by atoms with Crippen molar-refractivity contribution in [1.29, 1.82) is 0 Å². The summed E-state index contributed by atoms with van der Waals surface area (Å²) in [5.41, 5.74) is 2.76. The lowest BCUT2D eigenvalue weighted by molar-refractivity contribution is 0.306. The summed E-state index contributed by atoms with van der Waals surface area (Å²) >= 11 is 13.6. The molecular weight excluding hydrogens is 439 g/mol. The third-order valence-electron chi connectivity index (χ3n) is 4.54. The van der Waals surface area contributed by atoms with E-state index in [1.54, 1.807) is 36.0 Å². The lowest BCUT2D eigenvalue weighted by Crippen LogP contribution is -1.97. The van der Waals surface area contributed by atoms with Gasteiger partial charge in [-0.1, -0.05) is 29.3 Å². The molecule has 3 heterocycles. The molecule has 0 bridgehead atoms. The van der Waals surface area contributed by atoms with Gasteiger partial charge >= 0.3 is 0 Å². The Hall–Kier alpha value is -2.93. The Kier molecular flexibility index (Phi) is 5.12. The van der Waals surface area contributed by atoms with E-state index in [0.29, 0.717) is 16.7 Å². The summed E-state index contributed by atoms with van der Waals surface area (Å²) in [6, 6.07) is 17.1. The van der Waals surface area contributed by atoms with E-state index in [9.17, 15) is 0 Å². The molecule has 8 heteroatoms. The fourth-order valence-corrected chi connectivity index (χ4v) is 4.43. The summed E-state index contributed by atoms with van der Waals surface area (Å²) in [7, 11) is 0. The molecule has 148 valence electrons. The van der Waals surface area contributed by atoms with Gasteiger partial charge in [-0.05, 0) is 54.1 Å². The van der Waals surface area contributed by atoms with E-state index in [2.05, 4.69) is 20.3 Å². The minimum atomic E-state index is 0.408. The third-order valence-corrected chi connectivity index (χ3v) is 6.38. The number of benzene rings is 2. The van der Waals surface area contributed by atoms with Crippen LogP contribution in [0.3, 0.4) is 0 Å². The summed E-state index contributed by atoms with van der Waals surface area (Å²) in [6.45, 7) is 0.408. The van der Waals surface area contributed by atoms with Crippen LogP contribution in [0, 0.1) is 0 Å². The minimum Gasteiger partial charge on any atom is -0.489 e. The number of anilines is 2. The molecule has 0 saturated heterocycles. The number of ether oxygens (including phenoxy) is 1. The summed E-state index contributed by atoms with van der Waals surface area (Å²) in [5.74, 6) is 1.51. The highest BCUT2D eigenvalue weighted by molar-refractivity contribution is 7.25. The highest BCUT2D eigenvalue weighted by Gasteiger charge is 2.12. The summed E-state index contributed by atoms with van der Waals surface area (Å²) in [6.07, 6.45) is 3.35. The van der Waals surface area contributed by atoms with Crippen LogP contribution in [0.15, 0.2) is 67.1 Å². The van der Waals surface area contributed by atoms with Gasteiger partial charge < -0.3 is 10.1 Å². The molecule has 0 spiro atoms. The van der Waals surface area contributed by atoms with Crippen molar-refractivity contribution >= 4 is 66.5 Å². The fourth-order valence-electron chi connectivity index (χ4n) is 3.07. The Balaban J connectivity index is 1.33. The van der Waals surface area contributed by atoms with Crippen molar-refractivity contribution in [2.75, 3.05) is 5.32 Å². The van der Waals surface area contributed by atoms with Gasteiger partial charge in [-0.25, -0.2) is 15.0 Å². The first kappa shape index (κ1) is 19.1. The molecule has 0 fully saturated rings. The van der Waals surface area contributed by atoms with Crippen LogP contribution in [0.1, 0.15) is 5.56 Å². The van der Waals surface area contributed by atoms with Gasteiger partial charge in [-0.15, -0.1) is 11.3 Å². The van der Waals surface area contributed by atoms with Crippen molar-refractivity contribution in [2.45, 2.75) is 6.61 Å². The van der Waals surface area contributed by atoms with Crippen LogP contribution in [-0.4, -0.2) is 15.0 Å². The third kappa shape index (κ3) is 3.77. The highest BCUT2D eigenvalue weighted by atomic mass is 35.5. The number of hydrogen-bond donors (Lipinski definition) is 1. The zero-order chi connectivity index (χ0) is 20.5. The Morgan fingerprint density at radius 2 is 1.80 bits per heavy atom. The summed E-state index contributed by atoms with van der Waals surface area (Å²) < 4.78 is 6.82. The molecule has 1 N–H and O–H groups in total. The average molecular weight is 453 g/mol. The van der Waals surface area contributed by atoms with Gasteiger partial charge in [0.1, 0.15) is 23.5 Å². The Labute approximate surface area is 186 Å². The van der Waals surface area contributed by atoms with Crippen molar-refractivity contribution in [3.63, 3.8) is 0 Å². The van der Waals surface area contributed by atoms with Crippen LogP contribution < -0.4 is 10.1 Å². The number of fused-ring (bicyclic) bond motifs is 3. The normalized spacial score (nSPS) is 11.1. The van der Waals surface area contributed by atoms with E-state index in [1.165, 1.54) is 0 Å². The van der Waals surface area contributed by atoms with Gasteiger partial charge in [0.15, 0.2) is 5.82 Å². The molecule has 30 heavy (non-hydrogen) atoms. The van der Waals surface area contributed by atoms with Crippen molar-refractivity contribution in [1.82, 2.24) is 15.0 Å². The van der Waals surface area contributed by atoms with Crippen molar-refractivity contribution < 1.29 is 4.74 Å². The maximum absolute atomic E-state index is 6.05. The molecule has 0 aliphatic carbocycles. The summed E-state index contributed by atoms with van der Waals surface area (Å²) in [5, 5.41) is 5.45. The second-order valence-electron chi connectivity index (χ2n) is 6.54. The number of nitrogens with one attached hydrogen (secondary N) is 1. The molecule has 0 aliphatic heterocycles. The number of halogens is 2.